The van der Waals surface area contributed by atoms with E-state index in [1.165, 1.54) is 28.8 Å². The number of carbonyl (C=O) groups is 2. The summed E-state index contributed by atoms with van der Waals surface area (Å²) in [6.07, 6.45) is 3.92. The van der Waals surface area contributed by atoms with Crippen LogP contribution in [-0.2, 0) is 14.8 Å². The van der Waals surface area contributed by atoms with Crippen molar-refractivity contribution in [3.8, 4) is 0 Å². The first-order valence-corrected chi connectivity index (χ1v) is 27.3. The van der Waals surface area contributed by atoms with Crippen LogP contribution < -0.4 is 20.3 Å². The van der Waals surface area contributed by atoms with Gasteiger partial charge in [0.2, 0.25) is 5.91 Å². The molecule has 2 amide bonds. The number of nitro groups is 1. The van der Waals surface area contributed by atoms with Gasteiger partial charge in [-0.05, 0) is 103 Å². The third kappa shape index (κ3) is 13.7. The highest BCUT2D eigenvalue weighted by atomic mass is 35.5. The summed E-state index contributed by atoms with van der Waals surface area (Å²) in [4.78, 5) is 49.3. The first-order chi connectivity index (χ1) is 33.7. The van der Waals surface area contributed by atoms with E-state index in [1.807, 2.05) is 59.5 Å². The summed E-state index contributed by atoms with van der Waals surface area (Å²) in [5.41, 5.74) is 5.30. The summed E-state index contributed by atoms with van der Waals surface area (Å²) < 4.78 is 29.4. The minimum absolute atomic E-state index is 0.0587. The van der Waals surface area contributed by atoms with Crippen molar-refractivity contribution < 1.29 is 22.9 Å². The van der Waals surface area contributed by atoms with Gasteiger partial charge in [0, 0.05) is 144 Å². The van der Waals surface area contributed by atoms with Gasteiger partial charge in [-0.2, -0.15) is 0 Å². The van der Waals surface area contributed by atoms with Crippen molar-refractivity contribution in [1.29, 1.82) is 0 Å². The summed E-state index contributed by atoms with van der Waals surface area (Å²) >= 11 is 7.92. The molecular weight excluding hydrogens is 946 g/mol. The average molecular weight is 1010 g/mol. The third-order valence-electron chi connectivity index (χ3n) is 14.2. The molecule has 0 radical (unpaired) electrons. The Morgan fingerprint density at radius 3 is 2.21 bits per heavy atom. The number of nitrogens with zero attached hydrogens (tertiary/aromatic N) is 6. The molecule has 2 atom stereocenters. The lowest BCUT2D eigenvalue weighted by Gasteiger charge is -2.43. The Balaban J connectivity index is 0.875. The van der Waals surface area contributed by atoms with Gasteiger partial charge in [0.25, 0.3) is 21.6 Å². The molecule has 15 nitrogen and oxygen atoms in total. The van der Waals surface area contributed by atoms with Crippen LogP contribution in [-0.4, -0.2) is 155 Å². The zero-order chi connectivity index (χ0) is 49.3. The van der Waals surface area contributed by atoms with Crippen LogP contribution in [0.5, 0.6) is 0 Å². The summed E-state index contributed by atoms with van der Waals surface area (Å²) in [5.74, 6) is -0.171. The predicted octanol–water partition coefficient (Wildman–Crippen LogP) is 7.17. The van der Waals surface area contributed by atoms with Crippen LogP contribution in [0.1, 0.15) is 55.5 Å². The number of halogens is 1. The molecule has 374 valence electrons. The molecule has 8 rings (SSSR count). The van der Waals surface area contributed by atoms with Crippen LogP contribution >= 0.6 is 23.4 Å². The van der Waals surface area contributed by atoms with E-state index in [0.717, 1.165) is 119 Å². The number of benzene rings is 4. The van der Waals surface area contributed by atoms with E-state index in [2.05, 4.69) is 54.0 Å². The number of carbonyl (C=O) groups excluding carboxylic acids is 2. The molecule has 70 heavy (non-hydrogen) atoms. The molecule has 0 aromatic heterocycles. The fourth-order valence-electron chi connectivity index (χ4n) is 10.2. The lowest BCUT2D eigenvalue weighted by Crippen LogP contribution is -2.49. The number of hydrogen-bond donors (Lipinski definition) is 3. The smallest absolute Gasteiger partial charge is 0.293 e. The quantitative estimate of drug-likeness (QED) is 0.0523. The van der Waals surface area contributed by atoms with Crippen molar-refractivity contribution >= 4 is 67.8 Å². The van der Waals surface area contributed by atoms with Crippen LogP contribution in [0.15, 0.2) is 112 Å². The van der Waals surface area contributed by atoms with E-state index in [9.17, 15) is 28.1 Å². The number of nitro benzene ring substituents is 1. The molecule has 4 aliphatic rings. The molecule has 3 aliphatic heterocycles. The summed E-state index contributed by atoms with van der Waals surface area (Å²) in [5, 5.41) is 20.0. The van der Waals surface area contributed by atoms with Crippen molar-refractivity contribution in [1.82, 2.24) is 29.6 Å². The Morgan fingerprint density at radius 2 is 1.54 bits per heavy atom. The van der Waals surface area contributed by atoms with Crippen LogP contribution in [0.4, 0.5) is 17.1 Å². The molecule has 3 N–H and O–H groups in total. The molecule has 4 aromatic rings. The van der Waals surface area contributed by atoms with Crippen LogP contribution in [0.3, 0.4) is 0 Å². The number of thioether (sulfide) groups is 1. The van der Waals surface area contributed by atoms with E-state index < -0.39 is 26.5 Å². The second-order valence-corrected chi connectivity index (χ2v) is 22.6. The minimum Gasteiger partial charge on any atom is -0.376 e. The number of amides is 2. The maximum atomic E-state index is 13.6. The number of rotatable bonds is 18. The highest BCUT2D eigenvalue weighted by Gasteiger charge is 2.35. The molecule has 1 aliphatic carbocycles. The molecule has 3 saturated heterocycles. The highest BCUT2D eigenvalue weighted by molar-refractivity contribution is 7.99. The van der Waals surface area contributed by atoms with Gasteiger partial charge in [-0.25, -0.2) is 13.1 Å². The zero-order valence-electron chi connectivity index (χ0n) is 40.3. The topological polar surface area (TPSA) is 164 Å². The fourth-order valence-corrected chi connectivity index (χ4v) is 12.3. The number of sulfonamides is 1. The second-order valence-electron chi connectivity index (χ2n) is 19.4. The normalized spacial score (nSPS) is 20.3. The van der Waals surface area contributed by atoms with Gasteiger partial charge >= 0.3 is 0 Å². The third-order valence-corrected chi connectivity index (χ3v) is 17.0. The molecule has 18 heteroatoms. The average Bonchev–Trinajstić information content (AvgIpc) is 3.36. The summed E-state index contributed by atoms with van der Waals surface area (Å²) in [6.45, 7) is 17.2. The van der Waals surface area contributed by atoms with Crippen LogP contribution in [0.2, 0.25) is 5.02 Å². The molecule has 4 aromatic carbocycles. The SMILES string of the molecule is CC(=O)N1CCN(CCC(CSc2ccccc2)Nc2ccc(S(=O)(=O)NC(=O)c3ccc(N4CCN(CC5=C(c6ccc(Cl)cc6)CCC(C)(CN6CCNCC6)C5)CC4)cc3)cc2[N+](=O)[O-])CC1. The van der Waals surface area contributed by atoms with E-state index in [-0.39, 0.29) is 33.5 Å². The number of nitrogens with one attached hydrogen (secondary N) is 3. The van der Waals surface area contributed by atoms with E-state index in [1.54, 1.807) is 30.8 Å². The fraction of sp³-hybridized carbons (Fsp3) is 0.462. The van der Waals surface area contributed by atoms with Crippen molar-refractivity contribution in [2.45, 2.75) is 55.4 Å². The second kappa shape index (κ2) is 23.5. The van der Waals surface area contributed by atoms with Gasteiger partial charge in [0.05, 0.1) is 9.82 Å². The predicted molar refractivity (Wildman–Crippen MR) is 280 cm³/mol. The molecule has 2 unspecified atom stereocenters. The number of piperazine rings is 3. The molecular formula is C52H66ClN9O6S2. The molecule has 0 saturated carbocycles. The number of allylic oxidation sites excluding steroid dienone is 1. The van der Waals surface area contributed by atoms with Crippen LogP contribution in [0, 0.1) is 15.5 Å². The van der Waals surface area contributed by atoms with E-state index in [0.29, 0.717) is 31.8 Å². The van der Waals surface area contributed by atoms with E-state index >= 15 is 0 Å². The van der Waals surface area contributed by atoms with Crippen molar-refractivity contribution in [2.24, 2.45) is 5.41 Å². The zero-order valence-corrected chi connectivity index (χ0v) is 42.7. The van der Waals surface area contributed by atoms with Crippen molar-refractivity contribution in [3.05, 3.63) is 129 Å². The van der Waals surface area contributed by atoms with Gasteiger partial charge in [-0.1, -0.05) is 54.4 Å². The molecule has 0 bridgehead atoms. The lowest BCUT2D eigenvalue weighted by molar-refractivity contribution is -0.384. The maximum Gasteiger partial charge on any atom is 0.293 e. The summed E-state index contributed by atoms with van der Waals surface area (Å²) in [7, 11) is -4.48. The van der Waals surface area contributed by atoms with Crippen LogP contribution in [0.25, 0.3) is 5.57 Å². The Hall–Kier alpha value is -5.01. The first-order valence-electron chi connectivity index (χ1n) is 24.5. The molecule has 0 spiro atoms. The number of hydrogen-bond acceptors (Lipinski definition) is 13. The van der Waals surface area contributed by atoms with Crippen molar-refractivity contribution in [3.63, 3.8) is 0 Å². The van der Waals surface area contributed by atoms with Crippen molar-refractivity contribution in [2.75, 3.05) is 114 Å². The Kier molecular flexibility index (Phi) is 17.2. The van der Waals surface area contributed by atoms with Gasteiger partial charge in [-0.15, -0.1) is 11.8 Å². The van der Waals surface area contributed by atoms with Gasteiger partial charge in [0.1, 0.15) is 5.69 Å². The first kappa shape index (κ1) is 51.3. The van der Waals surface area contributed by atoms with Gasteiger partial charge in [-0.3, -0.25) is 29.5 Å². The molecule has 3 fully saturated rings. The monoisotopic (exact) mass is 1010 g/mol. The summed E-state index contributed by atoms with van der Waals surface area (Å²) in [6, 6.07) is 28.5. The Morgan fingerprint density at radius 1 is 0.857 bits per heavy atom. The Labute approximate surface area is 422 Å². The largest absolute Gasteiger partial charge is 0.376 e. The maximum absolute atomic E-state index is 13.6. The number of anilines is 2. The van der Waals surface area contributed by atoms with Gasteiger partial charge in [0.15, 0.2) is 0 Å². The standard InChI is InChI=1S/C52H66ClN9O6S2/c1-39(63)60-30-26-57(27-31-60)23-19-44(37-69-46-6-4-3-5-7-46)55-49-17-16-47(34-50(49)62(65)66)70(67,68)56-51(64)41-10-14-45(15-11-41)61-32-28-58(29-33-61)36-42-35-52(2,38-59-24-21-54-22-25-59)20-18-48(42)40-8-12-43(53)13-9-40/h3-17,34,44,54-55H,18-33,35-38H2,1-2H3,(H,56,64). The minimum atomic E-state index is -4.48. The highest BCUT2D eigenvalue weighted by Crippen LogP contribution is 2.44. The molecule has 3 heterocycles. The van der Waals surface area contributed by atoms with E-state index in [4.69, 9.17) is 11.6 Å². The lowest BCUT2D eigenvalue weighted by atomic mass is 9.71. The Bertz CT molecular complexity index is 2580. The van der Waals surface area contributed by atoms with Gasteiger partial charge < -0.3 is 25.3 Å².